The zero-order valence-electron chi connectivity index (χ0n) is 14.3. The highest BCUT2D eigenvalue weighted by Gasteiger charge is 2.18. The van der Waals surface area contributed by atoms with Gasteiger partial charge in [0, 0.05) is 23.9 Å². The number of amides is 1. The van der Waals surface area contributed by atoms with Gasteiger partial charge in [-0.1, -0.05) is 0 Å². The zero-order chi connectivity index (χ0) is 18.7. The van der Waals surface area contributed by atoms with Crippen LogP contribution < -0.4 is 10.1 Å². The fourth-order valence-corrected chi connectivity index (χ4v) is 2.54. The number of methoxy groups -OCH3 is 1. The summed E-state index contributed by atoms with van der Waals surface area (Å²) in [5, 5.41) is 6.87. The molecule has 0 spiro atoms. The van der Waals surface area contributed by atoms with Gasteiger partial charge in [0.1, 0.15) is 17.4 Å². The second kappa shape index (κ2) is 7.35. The van der Waals surface area contributed by atoms with Gasteiger partial charge in [0.15, 0.2) is 5.69 Å². The Labute approximate surface area is 149 Å². The van der Waals surface area contributed by atoms with Gasteiger partial charge in [-0.15, -0.1) is 0 Å². The normalized spacial score (nSPS) is 10.6. The van der Waals surface area contributed by atoms with E-state index >= 15 is 0 Å². The van der Waals surface area contributed by atoms with Gasteiger partial charge in [0.25, 0.3) is 5.91 Å². The first-order valence-corrected chi connectivity index (χ1v) is 8.00. The van der Waals surface area contributed by atoms with Crippen LogP contribution in [-0.4, -0.2) is 22.8 Å². The van der Waals surface area contributed by atoms with Crippen molar-refractivity contribution in [1.29, 1.82) is 0 Å². The largest absolute Gasteiger partial charge is 0.497 e. The van der Waals surface area contributed by atoms with Crippen molar-refractivity contribution in [3.05, 3.63) is 65.9 Å². The molecule has 1 N–H and O–H groups in total. The lowest BCUT2D eigenvalue weighted by Gasteiger charge is -2.07. The average molecular weight is 357 g/mol. The number of nitrogens with zero attached hydrogens (tertiary/aromatic N) is 2. The van der Waals surface area contributed by atoms with E-state index in [1.54, 1.807) is 16.8 Å². The summed E-state index contributed by atoms with van der Waals surface area (Å²) >= 11 is 0. The molecule has 1 amide bonds. The predicted molar refractivity (Wildman–Crippen MR) is 94.2 cm³/mol. The number of carbonyl (C=O) groups is 1. The smallest absolute Gasteiger partial charge is 0.276 e. The van der Waals surface area contributed by atoms with Gasteiger partial charge in [-0.25, -0.2) is 8.78 Å². The van der Waals surface area contributed by atoms with Crippen molar-refractivity contribution in [2.75, 3.05) is 12.4 Å². The molecule has 3 aromatic rings. The number of aromatic nitrogens is 2. The third-order valence-electron chi connectivity index (χ3n) is 3.87. The lowest BCUT2D eigenvalue weighted by molar-refractivity contribution is 0.102. The van der Waals surface area contributed by atoms with Crippen molar-refractivity contribution in [3.63, 3.8) is 0 Å². The van der Waals surface area contributed by atoms with Gasteiger partial charge in [0.2, 0.25) is 0 Å². The highest BCUT2D eigenvalue weighted by Crippen LogP contribution is 2.27. The molecule has 0 atom stereocenters. The van der Waals surface area contributed by atoms with E-state index in [0.29, 0.717) is 29.2 Å². The molecular weight excluding hydrogens is 340 g/mol. The van der Waals surface area contributed by atoms with Crippen LogP contribution >= 0.6 is 0 Å². The Kier molecular flexibility index (Phi) is 4.97. The van der Waals surface area contributed by atoms with Crippen molar-refractivity contribution in [2.24, 2.45) is 0 Å². The number of rotatable bonds is 5. The molecule has 0 saturated carbocycles. The van der Waals surface area contributed by atoms with E-state index in [9.17, 15) is 13.6 Å². The highest BCUT2D eigenvalue weighted by atomic mass is 19.1. The van der Waals surface area contributed by atoms with E-state index in [-0.39, 0.29) is 5.69 Å². The fourth-order valence-electron chi connectivity index (χ4n) is 2.54. The first-order chi connectivity index (χ1) is 12.5. The minimum absolute atomic E-state index is 0.140. The van der Waals surface area contributed by atoms with Gasteiger partial charge >= 0.3 is 0 Å². The Bertz CT molecular complexity index is 936. The molecule has 0 fully saturated rings. The van der Waals surface area contributed by atoms with Crippen molar-refractivity contribution in [1.82, 2.24) is 9.78 Å². The molecule has 26 heavy (non-hydrogen) atoms. The number of benzene rings is 2. The van der Waals surface area contributed by atoms with Gasteiger partial charge in [-0.05, 0) is 49.4 Å². The van der Waals surface area contributed by atoms with Crippen LogP contribution in [0.15, 0.2) is 48.5 Å². The van der Waals surface area contributed by atoms with E-state index in [1.165, 1.54) is 43.5 Å². The second-order valence-electron chi connectivity index (χ2n) is 5.54. The maximum absolute atomic E-state index is 14.4. The Hall–Kier alpha value is -3.22. The van der Waals surface area contributed by atoms with Crippen LogP contribution in [0.1, 0.15) is 17.4 Å². The summed E-state index contributed by atoms with van der Waals surface area (Å²) in [4.78, 5) is 12.4. The summed E-state index contributed by atoms with van der Waals surface area (Å²) in [6, 6.07) is 11.4. The molecule has 0 unspecified atom stereocenters. The van der Waals surface area contributed by atoms with Crippen LogP contribution in [0.3, 0.4) is 0 Å². The topological polar surface area (TPSA) is 56.2 Å². The first-order valence-electron chi connectivity index (χ1n) is 8.00. The molecule has 134 valence electrons. The Morgan fingerprint density at radius 1 is 1.15 bits per heavy atom. The van der Waals surface area contributed by atoms with Crippen LogP contribution in [0.2, 0.25) is 0 Å². The molecule has 5 nitrogen and oxygen atoms in total. The van der Waals surface area contributed by atoms with Crippen LogP contribution in [0.25, 0.3) is 11.3 Å². The minimum atomic E-state index is -0.468. The van der Waals surface area contributed by atoms with E-state index in [1.807, 2.05) is 6.92 Å². The van der Waals surface area contributed by atoms with Crippen LogP contribution in [0.4, 0.5) is 14.5 Å². The van der Waals surface area contributed by atoms with Gasteiger partial charge in [0.05, 0.1) is 12.8 Å². The standard InChI is InChI=1S/C19H17F2N3O2/c1-3-24-18(15-9-8-14(26-2)10-16(15)21)11-17(23-24)19(25)22-13-6-4-12(20)5-7-13/h4-11H,3H2,1-2H3,(H,22,25). The maximum atomic E-state index is 14.4. The molecule has 0 aliphatic carbocycles. The van der Waals surface area contributed by atoms with Crippen molar-refractivity contribution in [2.45, 2.75) is 13.5 Å². The summed E-state index contributed by atoms with van der Waals surface area (Å²) in [6.45, 7) is 2.31. The lowest BCUT2D eigenvalue weighted by Crippen LogP contribution is -2.13. The molecule has 0 saturated heterocycles. The molecule has 0 aliphatic rings. The molecule has 1 heterocycles. The highest BCUT2D eigenvalue weighted by molar-refractivity contribution is 6.03. The van der Waals surface area contributed by atoms with Crippen molar-refractivity contribution >= 4 is 11.6 Å². The number of anilines is 1. The van der Waals surface area contributed by atoms with Crippen LogP contribution in [0, 0.1) is 11.6 Å². The number of halogens is 2. The number of hydrogen-bond acceptors (Lipinski definition) is 3. The first kappa shape index (κ1) is 17.6. The quantitative estimate of drug-likeness (QED) is 0.748. The van der Waals surface area contributed by atoms with E-state index in [0.717, 1.165) is 0 Å². The summed E-state index contributed by atoms with van der Waals surface area (Å²) in [7, 11) is 1.46. The van der Waals surface area contributed by atoms with E-state index in [2.05, 4.69) is 10.4 Å². The summed E-state index contributed by atoms with van der Waals surface area (Å²) in [6.07, 6.45) is 0. The molecule has 1 aromatic heterocycles. The number of ether oxygens (including phenoxy) is 1. The van der Waals surface area contributed by atoms with Crippen LogP contribution in [-0.2, 0) is 6.54 Å². The summed E-state index contributed by atoms with van der Waals surface area (Å²) < 4.78 is 33.9. The molecule has 0 bridgehead atoms. The minimum Gasteiger partial charge on any atom is -0.497 e. The summed E-state index contributed by atoms with van der Waals surface area (Å²) in [5.74, 6) is -0.915. The Morgan fingerprint density at radius 2 is 1.88 bits per heavy atom. The predicted octanol–water partition coefficient (Wildman–Crippen LogP) is 4.11. The monoisotopic (exact) mass is 357 g/mol. The molecule has 7 heteroatoms. The van der Waals surface area contributed by atoms with Gasteiger partial charge < -0.3 is 10.1 Å². The Balaban J connectivity index is 1.91. The van der Waals surface area contributed by atoms with E-state index in [4.69, 9.17) is 4.74 Å². The SMILES string of the molecule is CCn1nc(C(=O)Nc2ccc(F)cc2)cc1-c1ccc(OC)cc1F. The average Bonchev–Trinajstić information content (AvgIpc) is 3.07. The van der Waals surface area contributed by atoms with Gasteiger partial charge in [-0.3, -0.25) is 9.48 Å². The van der Waals surface area contributed by atoms with Crippen LogP contribution in [0.5, 0.6) is 5.75 Å². The summed E-state index contributed by atoms with van der Waals surface area (Å²) in [5.41, 5.74) is 1.39. The van der Waals surface area contributed by atoms with Gasteiger partial charge in [-0.2, -0.15) is 5.10 Å². The third kappa shape index (κ3) is 3.56. The molecule has 3 rings (SSSR count). The molecular formula is C19H17F2N3O2. The lowest BCUT2D eigenvalue weighted by atomic mass is 10.1. The third-order valence-corrected chi connectivity index (χ3v) is 3.87. The van der Waals surface area contributed by atoms with Crippen molar-refractivity contribution < 1.29 is 18.3 Å². The number of aryl methyl sites for hydroxylation is 1. The maximum Gasteiger partial charge on any atom is 0.276 e. The number of nitrogens with one attached hydrogen (secondary N) is 1. The molecule has 0 radical (unpaired) electrons. The number of carbonyl (C=O) groups excluding carboxylic acids is 1. The number of hydrogen-bond donors (Lipinski definition) is 1. The second-order valence-corrected chi connectivity index (χ2v) is 5.54. The van der Waals surface area contributed by atoms with E-state index < -0.39 is 17.5 Å². The molecule has 2 aromatic carbocycles. The fraction of sp³-hybridized carbons (Fsp3) is 0.158. The molecule has 0 aliphatic heterocycles. The Morgan fingerprint density at radius 3 is 2.50 bits per heavy atom. The zero-order valence-corrected chi connectivity index (χ0v) is 14.3. The van der Waals surface area contributed by atoms with Crippen molar-refractivity contribution in [3.8, 4) is 17.0 Å².